The summed E-state index contributed by atoms with van der Waals surface area (Å²) in [6.07, 6.45) is 0. The highest BCUT2D eigenvalue weighted by Gasteiger charge is 2.21. The SMILES string of the molecule is Cc1[nH]c2ccccc2[n+]1C(F)F. The lowest BCUT2D eigenvalue weighted by atomic mass is 10.3. The van der Waals surface area contributed by atoms with Crippen LogP contribution in [0.25, 0.3) is 11.0 Å². The van der Waals surface area contributed by atoms with E-state index in [1.165, 1.54) is 0 Å². The van der Waals surface area contributed by atoms with Crippen molar-refractivity contribution in [2.75, 3.05) is 0 Å². The Labute approximate surface area is 73.8 Å². The molecule has 1 heterocycles. The summed E-state index contributed by atoms with van der Waals surface area (Å²) in [5.74, 6) is 0.469. The van der Waals surface area contributed by atoms with Gasteiger partial charge in [-0.15, -0.1) is 0 Å². The largest absolute Gasteiger partial charge is 0.387 e. The first-order valence-electron chi connectivity index (χ1n) is 3.97. The van der Waals surface area contributed by atoms with Gasteiger partial charge in [0.2, 0.25) is 0 Å². The van der Waals surface area contributed by atoms with Crippen molar-refractivity contribution in [3.05, 3.63) is 30.1 Å². The normalized spacial score (nSPS) is 11.4. The third-order valence-electron chi connectivity index (χ3n) is 2.04. The van der Waals surface area contributed by atoms with E-state index in [0.717, 1.165) is 10.1 Å². The van der Waals surface area contributed by atoms with E-state index in [2.05, 4.69) is 4.98 Å². The van der Waals surface area contributed by atoms with E-state index in [-0.39, 0.29) is 0 Å². The molecule has 13 heavy (non-hydrogen) atoms. The summed E-state index contributed by atoms with van der Waals surface area (Å²) in [5, 5.41) is 0. The summed E-state index contributed by atoms with van der Waals surface area (Å²) in [4.78, 5) is 2.89. The number of aryl methyl sites for hydroxylation is 1. The van der Waals surface area contributed by atoms with Gasteiger partial charge in [0.15, 0.2) is 11.0 Å². The number of para-hydroxylation sites is 2. The minimum Gasteiger partial charge on any atom is -0.241 e. The fourth-order valence-electron chi connectivity index (χ4n) is 1.48. The summed E-state index contributed by atoms with van der Waals surface area (Å²) in [6.45, 7) is -0.859. The zero-order chi connectivity index (χ0) is 9.42. The van der Waals surface area contributed by atoms with Crippen LogP contribution in [0.1, 0.15) is 12.4 Å². The number of alkyl halides is 2. The number of H-pyrrole nitrogens is 1. The highest BCUT2D eigenvalue weighted by molar-refractivity contribution is 5.70. The Hall–Kier alpha value is -1.45. The number of hydrogen-bond donors (Lipinski definition) is 1. The van der Waals surface area contributed by atoms with Crippen LogP contribution in [-0.4, -0.2) is 4.98 Å². The molecule has 0 bridgehead atoms. The highest BCUT2D eigenvalue weighted by Crippen LogP contribution is 2.12. The Morgan fingerprint density at radius 2 is 2.00 bits per heavy atom. The van der Waals surface area contributed by atoms with Crippen molar-refractivity contribution >= 4 is 11.0 Å². The van der Waals surface area contributed by atoms with Crippen molar-refractivity contribution in [3.8, 4) is 0 Å². The van der Waals surface area contributed by atoms with Gasteiger partial charge in [-0.3, -0.25) is 0 Å². The van der Waals surface area contributed by atoms with Crippen molar-refractivity contribution in [1.82, 2.24) is 4.98 Å². The maximum Gasteiger partial charge on any atom is 0.387 e. The van der Waals surface area contributed by atoms with Crippen molar-refractivity contribution in [2.24, 2.45) is 0 Å². The molecule has 0 aliphatic carbocycles. The number of nitrogens with zero attached hydrogens (tertiary/aromatic N) is 1. The Balaban J connectivity index is 2.78. The standard InChI is InChI=1S/C9H8F2N2/c1-6-12-7-4-2-3-5-8(7)13(6)9(10)11/h2-5,9H,1H3/p+1. The second kappa shape index (κ2) is 2.80. The molecule has 0 amide bonds. The number of aromatic amines is 1. The van der Waals surface area contributed by atoms with Gasteiger partial charge in [-0.25, -0.2) is 4.98 Å². The number of hydrogen-bond acceptors (Lipinski definition) is 0. The number of halogens is 2. The average Bonchev–Trinajstić information content (AvgIpc) is 2.39. The lowest BCUT2D eigenvalue weighted by molar-refractivity contribution is -0.756. The third-order valence-corrected chi connectivity index (χ3v) is 2.04. The van der Waals surface area contributed by atoms with Crippen LogP contribution in [0.5, 0.6) is 0 Å². The van der Waals surface area contributed by atoms with E-state index < -0.39 is 6.55 Å². The lowest BCUT2D eigenvalue weighted by Gasteiger charge is -1.95. The molecule has 1 aromatic carbocycles. The van der Waals surface area contributed by atoms with E-state index in [9.17, 15) is 8.78 Å². The number of fused-ring (bicyclic) bond motifs is 1. The van der Waals surface area contributed by atoms with Gasteiger partial charge in [0.25, 0.3) is 5.82 Å². The Morgan fingerprint density at radius 3 is 2.69 bits per heavy atom. The van der Waals surface area contributed by atoms with Gasteiger partial charge in [0.1, 0.15) is 0 Å². The predicted octanol–water partition coefficient (Wildman–Crippen LogP) is 2.16. The van der Waals surface area contributed by atoms with Gasteiger partial charge in [-0.05, 0) is 12.1 Å². The second-order valence-corrected chi connectivity index (χ2v) is 2.88. The molecular formula is C9H9F2N2+. The first-order chi connectivity index (χ1) is 6.20. The van der Waals surface area contributed by atoms with E-state index in [4.69, 9.17) is 0 Å². The lowest BCUT2D eigenvalue weighted by Crippen LogP contribution is -2.36. The van der Waals surface area contributed by atoms with Gasteiger partial charge < -0.3 is 0 Å². The zero-order valence-electron chi connectivity index (χ0n) is 7.09. The smallest absolute Gasteiger partial charge is 0.241 e. The summed E-state index contributed by atoms with van der Waals surface area (Å²) >= 11 is 0. The molecule has 2 nitrogen and oxygen atoms in total. The summed E-state index contributed by atoms with van der Waals surface area (Å²) < 4.78 is 26.0. The quantitative estimate of drug-likeness (QED) is 0.653. The average molecular weight is 183 g/mol. The van der Waals surface area contributed by atoms with Crippen LogP contribution in [-0.2, 0) is 0 Å². The van der Waals surface area contributed by atoms with Crippen LogP contribution >= 0.6 is 0 Å². The van der Waals surface area contributed by atoms with Gasteiger partial charge >= 0.3 is 6.55 Å². The minimum atomic E-state index is -2.49. The first kappa shape index (κ1) is 8.16. The van der Waals surface area contributed by atoms with Gasteiger partial charge in [0.05, 0.1) is 0 Å². The van der Waals surface area contributed by atoms with Gasteiger partial charge in [0, 0.05) is 6.92 Å². The number of rotatable bonds is 1. The molecule has 1 N–H and O–H groups in total. The fraction of sp³-hybridized carbons (Fsp3) is 0.222. The van der Waals surface area contributed by atoms with Crippen LogP contribution in [0.3, 0.4) is 0 Å². The van der Waals surface area contributed by atoms with Crippen LogP contribution < -0.4 is 4.57 Å². The van der Waals surface area contributed by atoms with Crippen LogP contribution in [0.4, 0.5) is 8.78 Å². The molecule has 4 heteroatoms. The zero-order valence-corrected chi connectivity index (χ0v) is 7.09. The van der Waals surface area contributed by atoms with Gasteiger partial charge in [-0.2, -0.15) is 13.3 Å². The molecule has 0 spiro atoms. The highest BCUT2D eigenvalue weighted by atomic mass is 19.3. The first-order valence-corrected chi connectivity index (χ1v) is 3.97. The molecule has 0 aliphatic heterocycles. The fourth-order valence-corrected chi connectivity index (χ4v) is 1.48. The number of aromatic nitrogens is 2. The van der Waals surface area contributed by atoms with Crippen molar-refractivity contribution < 1.29 is 13.3 Å². The summed E-state index contributed by atoms with van der Waals surface area (Å²) in [7, 11) is 0. The molecule has 2 aromatic rings. The molecule has 68 valence electrons. The maximum atomic E-state index is 12.5. The third kappa shape index (κ3) is 1.18. The number of nitrogens with one attached hydrogen (secondary N) is 1. The summed E-state index contributed by atoms with van der Waals surface area (Å²) in [6, 6.07) is 7.01. The maximum absolute atomic E-state index is 12.5. The molecule has 0 atom stereocenters. The molecule has 0 fully saturated rings. The van der Waals surface area contributed by atoms with E-state index in [1.54, 1.807) is 25.1 Å². The van der Waals surface area contributed by atoms with Crippen molar-refractivity contribution in [2.45, 2.75) is 13.5 Å². The van der Waals surface area contributed by atoms with Crippen molar-refractivity contribution in [1.29, 1.82) is 0 Å². The van der Waals surface area contributed by atoms with E-state index >= 15 is 0 Å². The Kier molecular flexibility index (Phi) is 1.76. The van der Waals surface area contributed by atoms with Crippen LogP contribution in [0.15, 0.2) is 24.3 Å². The molecule has 0 unspecified atom stereocenters. The number of benzene rings is 1. The molecule has 0 saturated carbocycles. The second-order valence-electron chi connectivity index (χ2n) is 2.88. The monoisotopic (exact) mass is 183 g/mol. The van der Waals surface area contributed by atoms with E-state index in [0.29, 0.717) is 11.3 Å². The molecule has 1 aromatic heterocycles. The van der Waals surface area contributed by atoms with Crippen LogP contribution in [0, 0.1) is 6.92 Å². The number of imidazole rings is 1. The molecule has 2 rings (SSSR count). The van der Waals surface area contributed by atoms with E-state index in [1.807, 2.05) is 6.07 Å². The molecule has 0 radical (unpaired) electrons. The minimum absolute atomic E-state index is 0.469. The molecule has 0 aliphatic rings. The Morgan fingerprint density at radius 1 is 1.31 bits per heavy atom. The summed E-state index contributed by atoms with van der Waals surface area (Å²) in [5.41, 5.74) is 1.27. The van der Waals surface area contributed by atoms with Gasteiger partial charge in [-0.1, -0.05) is 12.1 Å². The Bertz CT molecular complexity index is 434. The molecule has 0 saturated heterocycles. The predicted molar refractivity (Wildman–Crippen MR) is 44.5 cm³/mol. The molecular weight excluding hydrogens is 174 g/mol. The van der Waals surface area contributed by atoms with Crippen LogP contribution in [0.2, 0.25) is 0 Å². The van der Waals surface area contributed by atoms with Crippen molar-refractivity contribution in [3.63, 3.8) is 0 Å². The topological polar surface area (TPSA) is 19.7 Å².